The Morgan fingerprint density at radius 1 is 1.30 bits per heavy atom. The standard InChI is InChI=1S/C15H14FNO2S/c1-19-14-5-3-2-4-10(14)9-17-15(18)12-8-11(20)6-7-13(12)16/h2-8,20H,9H2,1H3,(H,17,18). The van der Waals surface area contributed by atoms with Crippen LogP contribution in [0.1, 0.15) is 15.9 Å². The molecule has 0 fully saturated rings. The highest BCUT2D eigenvalue weighted by Gasteiger charge is 2.12. The maximum atomic E-state index is 13.6. The first-order chi connectivity index (χ1) is 9.61. The molecule has 1 amide bonds. The highest BCUT2D eigenvalue weighted by molar-refractivity contribution is 7.80. The Balaban J connectivity index is 2.11. The largest absolute Gasteiger partial charge is 0.496 e. The Bertz CT molecular complexity index is 631. The molecule has 0 unspecified atom stereocenters. The molecule has 0 heterocycles. The van der Waals surface area contributed by atoms with E-state index < -0.39 is 11.7 Å². The zero-order valence-electron chi connectivity index (χ0n) is 10.9. The Kier molecular flexibility index (Phi) is 4.63. The van der Waals surface area contributed by atoms with Crippen molar-refractivity contribution < 1.29 is 13.9 Å². The number of thiol groups is 1. The average Bonchev–Trinajstić information content (AvgIpc) is 2.47. The number of carbonyl (C=O) groups is 1. The van der Waals surface area contributed by atoms with Gasteiger partial charge in [0.1, 0.15) is 11.6 Å². The quantitative estimate of drug-likeness (QED) is 0.850. The van der Waals surface area contributed by atoms with E-state index in [1.807, 2.05) is 18.2 Å². The van der Waals surface area contributed by atoms with Gasteiger partial charge in [0.05, 0.1) is 12.7 Å². The number of hydrogen-bond donors (Lipinski definition) is 2. The Labute approximate surface area is 122 Å². The molecule has 0 aromatic heterocycles. The van der Waals surface area contributed by atoms with Crippen LogP contribution in [0.2, 0.25) is 0 Å². The number of amides is 1. The number of nitrogens with one attached hydrogen (secondary N) is 1. The second kappa shape index (κ2) is 6.43. The number of halogens is 1. The van der Waals surface area contributed by atoms with E-state index in [2.05, 4.69) is 17.9 Å². The summed E-state index contributed by atoms with van der Waals surface area (Å²) in [7, 11) is 1.56. The molecule has 104 valence electrons. The smallest absolute Gasteiger partial charge is 0.254 e. The Morgan fingerprint density at radius 3 is 2.80 bits per heavy atom. The van der Waals surface area contributed by atoms with Crippen LogP contribution in [0.4, 0.5) is 4.39 Å². The van der Waals surface area contributed by atoms with Gasteiger partial charge in [-0.3, -0.25) is 4.79 Å². The van der Waals surface area contributed by atoms with Gasteiger partial charge in [0.15, 0.2) is 0 Å². The summed E-state index contributed by atoms with van der Waals surface area (Å²) in [6, 6.07) is 11.4. The first-order valence-electron chi connectivity index (χ1n) is 6.00. The molecule has 0 aliphatic carbocycles. The van der Waals surface area contributed by atoms with E-state index >= 15 is 0 Å². The van der Waals surface area contributed by atoms with Gasteiger partial charge in [-0.2, -0.15) is 0 Å². The summed E-state index contributed by atoms with van der Waals surface area (Å²) < 4.78 is 18.8. The number of para-hydroxylation sites is 1. The first-order valence-corrected chi connectivity index (χ1v) is 6.45. The fourth-order valence-electron chi connectivity index (χ4n) is 1.81. The van der Waals surface area contributed by atoms with E-state index in [9.17, 15) is 9.18 Å². The SMILES string of the molecule is COc1ccccc1CNC(=O)c1cc(S)ccc1F. The molecule has 0 aliphatic heterocycles. The third-order valence-corrected chi connectivity index (χ3v) is 3.10. The molecule has 5 heteroatoms. The molecule has 0 bridgehead atoms. The van der Waals surface area contributed by atoms with E-state index in [-0.39, 0.29) is 12.1 Å². The minimum absolute atomic E-state index is 0.0209. The molecule has 1 N–H and O–H groups in total. The summed E-state index contributed by atoms with van der Waals surface area (Å²) in [6.07, 6.45) is 0. The normalized spacial score (nSPS) is 10.2. The van der Waals surface area contributed by atoms with E-state index in [4.69, 9.17) is 4.74 Å². The van der Waals surface area contributed by atoms with Crippen molar-refractivity contribution in [3.63, 3.8) is 0 Å². The summed E-state index contributed by atoms with van der Waals surface area (Å²) >= 11 is 4.10. The summed E-state index contributed by atoms with van der Waals surface area (Å²) in [5, 5.41) is 2.67. The topological polar surface area (TPSA) is 38.3 Å². The molecule has 20 heavy (non-hydrogen) atoms. The molecule has 0 saturated heterocycles. The molecule has 2 aromatic carbocycles. The van der Waals surface area contributed by atoms with Gasteiger partial charge in [0, 0.05) is 17.0 Å². The average molecular weight is 291 g/mol. The fraction of sp³-hybridized carbons (Fsp3) is 0.133. The Morgan fingerprint density at radius 2 is 2.05 bits per heavy atom. The molecule has 0 spiro atoms. The molecule has 0 saturated carbocycles. The minimum Gasteiger partial charge on any atom is -0.496 e. The van der Waals surface area contributed by atoms with Gasteiger partial charge >= 0.3 is 0 Å². The van der Waals surface area contributed by atoms with Gasteiger partial charge in [-0.15, -0.1) is 12.6 Å². The predicted molar refractivity (Wildman–Crippen MR) is 77.8 cm³/mol. The molecule has 0 atom stereocenters. The van der Waals surface area contributed by atoms with Crippen molar-refractivity contribution in [2.24, 2.45) is 0 Å². The molecular formula is C15H14FNO2S. The van der Waals surface area contributed by atoms with Crippen LogP contribution in [0.5, 0.6) is 5.75 Å². The van der Waals surface area contributed by atoms with E-state index in [1.165, 1.54) is 18.2 Å². The summed E-state index contributed by atoms with van der Waals surface area (Å²) in [6.45, 7) is 0.263. The van der Waals surface area contributed by atoms with Gasteiger partial charge in [0.25, 0.3) is 5.91 Å². The third-order valence-electron chi connectivity index (χ3n) is 2.83. The first kappa shape index (κ1) is 14.4. The van der Waals surface area contributed by atoms with Crippen molar-refractivity contribution in [1.29, 1.82) is 0 Å². The van der Waals surface area contributed by atoms with Gasteiger partial charge in [0.2, 0.25) is 0 Å². The van der Waals surface area contributed by atoms with E-state index in [0.29, 0.717) is 10.6 Å². The van der Waals surface area contributed by atoms with Crippen LogP contribution in [-0.2, 0) is 6.54 Å². The maximum Gasteiger partial charge on any atom is 0.254 e. The molecule has 2 aromatic rings. The second-order valence-electron chi connectivity index (χ2n) is 4.16. The fourth-order valence-corrected chi connectivity index (χ4v) is 2.01. The van der Waals surface area contributed by atoms with Crippen LogP contribution in [0.15, 0.2) is 47.4 Å². The lowest BCUT2D eigenvalue weighted by Gasteiger charge is -2.10. The predicted octanol–water partition coefficient (Wildman–Crippen LogP) is 3.05. The van der Waals surface area contributed by atoms with Crippen LogP contribution >= 0.6 is 12.6 Å². The monoisotopic (exact) mass is 291 g/mol. The number of rotatable bonds is 4. The zero-order valence-corrected chi connectivity index (χ0v) is 11.8. The van der Waals surface area contributed by atoms with E-state index in [0.717, 1.165) is 5.56 Å². The summed E-state index contributed by atoms with van der Waals surface area (Å²) in [4.78, 5) is 12.5. The minimum atomic E-state index is -0.569. The lowest BCUT2D eigenvalue weighted by atomic mass is 10.1. The number of carbonyl (C=O) groups excluding carboxylic acids is 1. The van der Waals surface area contributed by atoms with Crippen LogP contribution in [0.3, 0.4) is 0 Å². The second-order valence-corrected chi connectivity index (χ2v) is 4.68. The van der Waals surface area contributed by atoms with Crippen LogP contribution < -0.4 is 10.1 Å². The lowest BCUT2D eigenvalue weighted by molar-refractivity contribution is 0.0946. The van der Waals surface area contributed by atoms with Crippen LogP contribution in [0.25, 0.3) is 0 Å². The summed E-state index contributed by atoms with van der Waals surface area (Å²) in [5.41, 5.74) is 0.804. The number of benzene rings is 2. The third kappa shape index (κ3) is 3.30. The zero-order chi connectivity index (χ0) is 14.5. The van der Waals surface area contributed by atoms with Crippen molar-refractivity contribution in [2.75, 3.05) is 7.11 Å². The molecular weight excluding hydrogens is 277 g/mol. The molecule has 2 rings (SSSR count). The highest BCUT2D eigenvalue weighted by atomic mass is 32.1. The van der Waals surface area contributed by atoms with Gasteiger partial charge in [-0.25, -0.2) is 4.39 Å². The number of methoxy groups -OCH3 is 1. The van der Waals surface area contributed by atoms with Crippen LogP contribution in [-0.4, -0.2) is 13.0 Å². The molecule has 0 aliphatic rings. The van der Waals surface area contributed by atoms with Crippen molar-refractivity contribution in [3.8, 4) is 5.75 Å². The van der Waals surface area contributed by atoms with Crippen molar-refractivity contribution in [2.45, 2.75) is 11.4 Å². The van der Waals surface area contributed by atoms with Gasteiger partial charge in [-0.1, -0.05) is 18.2 Å². The molecule has 0 radical (unpaired) electrons. The lowest BCUT2D eigenvalue weighted by Crippen LogP contribution is -2.24. The molecule has 3 nitrogen and oxygen atoms in total. The highest BCUT2D eigenvalue weighted by Crippen LogP contribution is 2.18. The van der Waals surface area contributed by atoms with E-state index in [1.54, 1.807) is 13.2 Å². The number of hydrogen-bond acceptors (Lipinski definition) is 3. The van der Waals surface area contributed by atoms with Gasteiger partial charge < -0.3 is 10.1 Å². The van der Waals surface area contributed by atoms with Crippen molar-refractivity contribution >= 4 is 18.5 Å². The van der Waals surface area contributed by atoms with Gasteiger partial charge in [-0.05, 0) is 24.3 Å². The van der Waals surface area contributed by atoms with Crippen LogP contribution in [0, 0.1) is 5.82 Å². The maximum absolute atomic E-state index is 13.6. The van der Waals surface area contributed by atoms with Crippen molar-refractivity contribution in [3.05, 3.63) is 59.4 Å². The summed E-state index contributed by atoms with van der Waals surface area (Å²) in [5.74, 6) is -0.374. The van der Waals surface area contributed by atoms with Crippen molar-refractivity contribution in [1.82, 2.24) is 5.32 Å². The number of ether oxygens (including phenoxy) is 1. The Hall–Kier alpha value is -2.01.